The van der Waals surface area contributed by atoms with Gasteiger partial charge in [0.05, 0.1) is 12.3 Å². The average molecular weight is 424 g/mol. The first-order chi connectivity index (χ1) is 15.2. The van der Waals surface area contributed by atoms with Gasteiger partial charge in [-0.3, -0.25) is 9.69 Å². The Morgan fingerprint density at radius 3 is 2.55 bits per heavy atom. The molecule has 9 heteroatoms. The van der Waals surface area contributed by atoms with Crippen molar-refractivity contribution in [3.05, 3.63) is 65.6 Å². The summed E-state index contributed by atoms with van der Waals surface area (Å²) in [5.74, 6) is 0.609. The zero-order valence-electron chi connectivity index (χ0n) is 17.2. The molecule has 1 saturated heterocycles. The lowest BCUT2D eigenvalue weighted by Gasteiger charge is -2.38. The van der Waals surface area contributed by atoms with Crippen molar-refractivity contribution in [2.45, 2.75) is 37.8 Å². The molecule has 1 aliphatic carbocycles. The first-order valence-corrected chi connectivity index (χ1v) is 10.8. The number of aromatic nitrogens is 4. The Morgan fingerprint density at radius 2 is 1.84 bits per heavy atom. The molecular weight excluding hydrogens is 399 g/mol. The monoisotopic (exact) mass is 424 g/mol. The number of nitrogens with zero attached hydrogens (tertiary/aromatic N) is 6. The molecule has 2 fully saturated rings. The van der Waals surface area contributed by atoms with Gasteiger partial charge in [0.2, 0.25) is 0 Å². The van der Waals surface area contributed by atoms with Gasteiger partial charge in [0.15, 0.2) is 11.6 Å². The minimum atomic E-state index is -0.405. The molecule has 162 valence electrons. The van der Waals surface area contributed by atoms with Crippen molar-refractivity contribution in [1.29, 1.82) is 0 Å². The van der Waals surface area contributed by atoms with E-state index in [-0.39, 0.29) is 17.8 Å². The Kier molecular flexibility index (Phi) is 5.50. The SMILES string of the molecule is O=C(c1ccco1)N1CCN([C@H](c2ccccc2F)c2nnnn2C2CCCC2)CC1. The van der Waals surface area contributed by atoms with Gasteiger partial charge in [0.1, 0.15) is 11.9 Å². The molecule has 1 aliphatic heterocycles. The molecule has 31 heavy (non-hydrogen) atoms. The van der Waals surface area contributed by atoms with Crippen molar-refractivity contribution in [3.8, 4) is 0 Å². The Hall–Kier alpha value is -3.07. The smallest absolute Gasteiger partial charge is 0.289 e. The second-order valence-corrected chi connectivity index (χ2v) is 8.15. The Bertz CT molecular complexity index is 1020. The summed E-state index contributed by atoms with van der Waals surface area (Å²) in [4.78, 5) is 16.6. The highest BCUT2D eigenvalue weighted by atomic mass is 19.1. The summed E-state index contributed by atoms with van der Waals surface area (Å²) in [6.45, 7) is 2.22. The van der Waals surface area contributed by atoms with Gasteiger partial charge in [-0.2, -0.15) is 0 Å². The molecule has 1 aromatic carbocycles. The van der Waals surface area contributed by atoms with Crippen molar-refractivity contribution < 1.29 is 13.6 Å². The maximum absolute atomic E-state index is 14.9. The molecule has 0 spiro atoms. The van der Waals surface area contributed by atoms with Crippen LogP contribution in [-0.2, 0) is 0 Å². The molecule has 1 atom stereocenters. The highest BCUT2D eigenvalue weighted by Crippen LogP contribution is 2.35. The fraction of sp³-hybridized carbons (Fsp3) is 0.455. The van der Waals surface area contributed by atoms with Gasteiger partial charge in [0, 0.05) is 31.7 Å². The number of amides is 1. The standard InChI is InChI=1S/C22H25FN6O2/c23-18-9-4-3-8-17(18)20(21-24-25-26-29(21)16-6-1-2-7-16)27-11-13-28(14-12-27)22(30)19-10-5-15-31-19/h3-5,8-10,15-16,20H,1-2,6-7,11-14H2/t20-/m1/s1. The maximum Gasteiger partial charge on any atom is 0.289 e. The van der Waals surface area contributed by atoms with Crippen LogP contribution in [0, 0.1) is 5.82 Å². The number of benzene rings is 1. The largest absolute Gasteiger partial charge is 0.459 e. The minimum Gasteiger partial charge on any atom is -0.459 e. The molecule has 3 heterocycles. The van der Waals surface area contributed by atoms with Crippen LogP contribution in [0.3, 0.4) is 0 Å². The van der Waals surface area contributed by atoms with E-state index in [0.29, 0.717) is 43.3 Å². The molecule has 0 N–H and O–H groups in total. The fourth-order valence-corrected chi connectivity index (χ4v) is 4.72. The van der Waals surface area contributed by atoms with Crippen LogP contribution < -0.4 is 0 Å². The lowest BCUT2D eigenvalue weighted by atomic mass is 10.0. The van der Waals surface area contributed by atoms with E-state index in [1.807, 2.05) is 10.7 Å². The maximum atomic E-state index is 14.9. The lowest BCUT2D eigenvalue weighted by Crippen LogP contribution is -2.50. The zero-order chi connectivity index (χ0) is 21.2. The summed E-state index contributed by atoms with van der Waals surface area (Å²) in [6.07, 6.45) is 5.88. The number of furan rings is 1. The van der Waals surface area contributed by atoms with E-state index in [9.17, 15) is 9.18 Å². The quantitative estimate of drug-likeness (QED) is 0.626. The molecule has 2 aromatic heterocycles. The van der Waals surface area contributed by atoms with E-state index in [1.54, 1.807) is 29.2 Å². The third-order valence-electron chi connectivity index (χ3n) is 6.33. The van der Waals surface area contributed by atoms with Crippen molar-refractivity contribution >= 4 is 5.91 Å². The molecule has 0 bridgehead atoms. The molecule has 3 aromatic rings. The third kappa shape index (κ3) is 3.85. The second-order valence-electron chi connectivity index (χ2n) is 8.15. The molecule has 2 aliphatic rings. The van der Waals surface area contributed by atoms with Crippen LogP contribution in [0.1, 0.15) is 59.7 Å². The van der Waals surface area contributed by atoms with Gasteiger partial charge in [-0.1, -0.05) is 31.0 Å². The van der Waals surface area contributed by atoms with Crippen LogP contribution >= 0.6 is 0 Å². The number of tetrazole rings is 1. The molecule has 0 unspecified atom stereocenters. The topological polar surface area (TPSA) is 80.3 Å². The summed E-state index contributed by atoms with van der Waals surface area (Å²) >= 11 is 0. The Balaban J connectivity index is 1.42. The highest BCUT2D eigenvalue weighted by molar-refractivity contribution is 5.91. The molecular formula is C22H25FN6O2. The number of hydrogen-bond donors (Lipinski definition) is 0. The van der Waals surface area contributed by atoms with Crippen LogP contribution in [0.5, 0.6) is 0 Å². The molecule has 1 saturated carbocycles. The summed E-state index contributed by atoms with van der Waals surface area (Å²) in [5, 5.41) is 12.6. The van der Waals surface area contributed by atoms with E-state index in [2.05, 4.69) is 20.4 Å². The predicted octanol–water partition coefficient (Wildman–Crippen LogP) is 3.07. The third-order valence-corrected chi connectivity index (χ3v) is 6.33. The van der Waals surface area contributed by atoms with Crippen LogP contribution in [0.4, 0.5) is 4.39 Å². The first kappa shape index (κ1) is 19.9. The normalized spacial score (nSPS) is 19.1. The fourth-order valence-electron chi connectivity index (χ4n) is 4.72. The van der Waals surface area contributed by atoms with Gasteiger partial charge in [-0.15, -0.1) is 5.10 Å². The van der Waals surface area contributed by atoms with Crippen molar-refractivity contribution in [2.75, 3.05) is 26.2 Å². The number of carbonyl (C=O) groups excluding carboxylic acids is 1. The number of halogens is 1. The van der Waals surface area contributed by atoms with Crippen LogP contribution in [0.25, 0.3) is 0 Å². The van der Waals surface area contributed by atoms with E-state index in [1.165, 1.54) is 12.3 Å². The summed E-state index contributed by atoms with van der Waals surface area (Å²) in [6, 6.07) is 10.0. The van der Waals surface area contributed by atoms with Gasteiger partial charge in [-0.05, 0) is 41.5 Å². The van der Waals surface area contributed by atoms with Crippen LogP contribution in [0.2, 0.25) is 0 Å². The number of piperazine rings is 1. The van der Waals surface area contributed by atoms with Crippen LogP contribution in [0.15, 0.2) is 47.1 Å². The van der Waals surface area contributed by atoms with Crippen molar-refractivity contribution in [1.82, 2.24) is 30.0 Å². The Morgan fingerprint density at radius 1 is 1.06 bits per heavy atom. The average Bonchev–Trinajstić information content (AvgIpc) is 3.57. The summed E-state index contributed by atoms with van der Waals surface area (Å²) in [5.41, 5.74) is 0.558. The second kappa shape index (κ2) is 8.58. The van der Waals surface area contributed by atoms with Crippen LogP contribution in [-0.4, -0.2) is 62.1 Å². The van der Waals surface area contributed by atoms with E-state index >= 15 is 0 Å². The minimum absolute atomic E-state index is 0.122. The van der Waals surface area contributed by atoms with Crippen molar-refractivity contribution in [3.63, 3.8) is 0 Å². The number of rotatable bonds is 5. The molecule has 1 amide bonds. The first-order valence-electron chi connectivity index (χ1n) is 10.8. The number of carbonyl (C=O) groups is 1. The van der Waals surface area contributed by atoms with E-state index in [0.717, 1.165) is 25.7 Å². The molecule has 0 radical (unpaired) electrons. The van der Waals surface area contributed by atoms with Gasteiger partial charge in [-0.25, -0.2) is 9.07 Å². The predicted molar refractivity (Wildman–Crippen MR) is 110 cm³/mol. The lowest BCUT2D eigenvalue weighted by molar-refractivity contribution is 0.0555. The molecule has 5 rings (SSSR count). The Labute approximate surface area is 179 Å². The summed E-state index contributed by atoms with van der Waals surface area (Å²) in [7, 11) is 0. The van der Waals surface area contributed by atoms with Crippen molar-refractivity contribution in [2.24, 2.45) is 0 Å². The summed E-state index contributed by atoms with van der Waals surface area (Å²) < 4.78 is 22.1. The zero-order valence-corrected chi connectivity index (χ0v) is 17.2. The molecule has 8 nitrogen and oxygen atoms in total. The van der Waals surface area contributed by atoms with Gasteiger partial charge in [0.25, 0.3) is 5.91 Å². The van der Waals surface area contributed by atoms with Gasteiger partial charge < -0.3 is 9.32 Å². The van der Waals surface area contributed by atoms with E-state index < -0.39 is 6.04 Å². The van der Waals surface area contributed by atoms with Gasteiger partial charge >= 0.3 is 0 Å². The number of hydrogen-bond acceptors (Lipinski definition) is 6. The van der Waals surface area contributed by atoms with E-state index in [4.69, 9.17) is 4.42 Å². The highest BCUT2D eigenvalue weighted by Gasteiger charge is 2.35.